The van der Waals surface area contributed by atoms with E-state index in [1.165, 1.54) is 0 Å². The van der Waals surface area contributed by atoms with Gasteiger partial charge in [-0.05, 0) is 12.1 Å². The van der Waals surface area contributed by atoms with Gasteiger partial charge in [-0.1, -0.05) is 32.9 Å². The van der Waals surface area contributed by atoms with E-state index >= 15 is 0 Å². The monoisotopic (exact) mass is 274 g/mol. The van der Waals surface area contributed by atoms with Crippen molar-refractivity contribution >= 4 is 16.9 Å². The topological polar surface area (TPSA) is 72.9 Å². The smallest absolute Gasteiger partial charge is 0.236 e. The number of aromatic nitrogens is 2. The van der Waals surface area contributed by atoms with E-state index in [-0.39, 0.29) is 11.9 Å². The van der Waals surface area contributed by atoms with Crippen molar-refractivity contribution in [2.75, 3.05) is 0 Å². The van der Waals surface area contributed by atoms with Gasteiger partial charge in [-0.3, -0.25) is 4.79 Å². The van der Waals surface area contributed by atoms with Crippen LogP contribution in [0.1, 0.15) is 26.6 Å². The Labute approximate surface area is 119 Å². The molecule has 108 valence electrons. The van der Waals surface area contributed by atoms with E-state index in [9.17, 15) is 4.79 Å². The predicted molar refractivity (Wildman–Crippen MR) is 80.4 cm³/mol. The van der Waals surface area contributed by atoms with Crippen LogP contribution in [0.5, 0.6) is 0 Å². The number of hydrogen-bond donors (Lipinski definition) is 2. The first-order valence-corrected chi connectivity index (χ1v) is 7.02. The number of imidazole rings is 1. The number of benzene rings is 1. The molecular weight excluding hydrogens is 252 g/mol. The first kappa shape index (κ1) is 14.5. The van der Waals surface area contributed by atoms with Gasteiger partial charge >= 0.3 is 0 Å². The fraction of sp³-hybridized carbons (Fsp3) is 0.467. The van der Waals surface area contributed by atoms with Gasteiger partial charge in [0.2, 0.25) is 5.91 Å². The summed E-state index contributed by atoms with van der Waals surface area (Å²) in [7, 11) is 0. The molecule has 2 rings (SSSR count). The molecule has 1 unspecified atom stereocenters. The number of primary amides is 1. The number of nitrogens with two attached hydrogens (primary N) is 1. The van der Waals surface area contributed by atoms with Crippen molar-refractivity contribution in [1.82, 2.24) is 14.9 Å². The number of para-hydroxylation sites is 2. The van der Waals surface area contributed by atoms with Crippen LogP contribution in [0.15, 0.2) is 24.3 Å². The molecule has 20 heavy (non-hydrogen) atoms. The molecular formula is C15H22N4O. The maximum atomic E-state index is 11.6. The highest BCUT2D eigenvalue weighted by Gasteiger charge is 2.19. The summed E-state index contributed by atoms with van der Waals surface area (Å²) in [5, 5.41) is 3.21. The van der Waals surface area contributed by atoms with Crippen molar-refractivity contribution in [3.05, 3.63) is 30.1 Å². The summed E-state index contributed by atoms with van der Waals surface area (Å²) in [4.78, 5) is 16.2. The van der Waals surface area contributed by atoms with Crippen molar-refractivity contribution in [1.29, 1.82) is 0 Å². The SMILES string of the molecule is CCc1nc2ccccc2n1CC(NC(C)C)C(N)=O. The summed E-state index contributed by atoms with van der Waals surface area (Å²) < 4.78 is 2.08. The van der Waals surface area contributed by atoms with Crippen LogP contribution in [0.25, 0.3) is 11.0 Å². The lowest BCUT2D eigenvalue weighted by Crippen LogP contribution is -2.47. The summed E-state index contributed by atoms with van der Waals surface area (Å²) in [6.07, 6.45) is 0.821. The molecule has 0 bridgehead atoms. The molecule has 0 radical (unpaired) electrons. The quantitative estimate of drug-likeness (QED) is 0.837. The van der Waals surface area contributed by atoms with Gasteiger partial charge in [0.25, 0.3) is 0 Å². The molecule has 0 fully saturated rings. The Kier molecular flexibility index (Phi) is 4.39. The Hall–Kier alpha value is -1.88. The fourth-order valence-corrected chi connectivity index (χ4v) is 2.41. The minimum absolute atomic E-state index is 0.201. The zero-order valence-corrected chi connectivity index (χ0v) is 12.3. The molecule has 1 aromatic carbocycles. The maximum Gasteiger partial charge on any atom is 0.236 e. The molecule has 5 nitrogen and oxygen atoms in total. The molecule has 1 heterocycles. The normalized spacial score (nSPS) is 13.0. The number of fused-ring (bicyclic) bond motifs is 1. The molecule has 5 heteroatoms. The van der Waals surface area contributed by atoms with Crippen LogP contribution in [0.2, 0.25) is 0 Å². The number of aryl methyl sites for hydroxylation is 1. The lowest BCUT2D eigenvalue weighted by Gasteiger charge is -2.20. The lowest BCUT2D eigenvalue weighted by molar-refractivity contribution is -0.120. The second kappa shape index (κ2) is 6.05. The molecule has 0 aliphatic carbocycles. The number of nitrogens with one attached hydrogen (secondary N) is 1. The third kappa shape index (κ3) is 2.99. The van der Waals surface area contributed by atoms with Crippen LogP contribution >= 0.6 is 0 Å². The highest BCUT2D eigenvalue weighted by atomic mass is 16.1. The summed E-state index contributed by atoms with van der Waals surface area (Å²) in [5.74, 6) is 0.640. The molecule has 0 saturated carbocycles. The molecule has 1 amide bonds. The second-order valence-electron chi connectivity index (χ2n) is 5.26. The average molecular weight is 274 g/mol. The third-order valence-electron chi connectivity index (χ3n) is 3.29. The molecule has 1 atom stereocenters. The zero-order chi connectivity index (χ0) is 14.7. The van der Waals surface area contributed by atoms with E-state index in [0.717, 1.165) is 23.3 Å². The molecule has 0 aliphatic rings. The van der Waals surface area contributed by atoms with Gasteiger partial charge in [0, 0.05) is 19.0 Å². The van der Waals surface area contributed by atoms with Gasteiger partial charge in [0.05, 0.1) is 11.0 Å². The van der Waals surface area contributed by atoms with E-state index in [4.69, 9.17) is 5.73 Å². The minimum atomic E-state index is -0.391. The van der Waals surface area contributed by atoms with Crippen LogP contribution in [0, 0.1) is 0 Å². The number of nitrogens with zero attached hydrogens (tertiary/aromatic N) is 2. The van der Waals surface area contributed by atoms with Crippen molar-refractivity contribution in [2.24, 2.45) is 5.73 Å². The maximum absolute atomic E-state index is 11.6. The van der Waals surface area contributed by atoms with Crippen molar-refractivity contribution in [2.45, 2.75) is 45.8 Å². The molecule has 0 aliphatic heterocycles. The van der Waals surface area contributed by atoms with Crippen LogP contribution in [-0.4, -0.2) is 27.5 Å². The molecule has 0 saturated heterocycles. The van der Waals surface area contributed by atoms with Gasteiger partial charge in [-0.15, -0.1) is 0 Å². The lowest BCUT2D eigenvalue weighted by atomic mass is 10.2. The van der Waals surface area contributed by atoms with E-state index in [0.29, 0.717) is 6.54 Å². The zero-order valence-electron chi connectivity index (χ0n) is 12.3. The Morgan fingerprint density at radius 3 is 2.70 bits per heavy atom. The largest absolute Gasteiger partial charge is 0.368 e. The molecule has 2 aromatic rings. The first-order valence-electron chi connectivity index (χ1n) is 7.02. The standard InChI is InChI=1S/C15H22N4O/c1-4-14-18-11-7-5-6-8-13(11)19(14)9-12(15(16)20)17-10(2)3/h5-8,10,12,17H,4,9H2,1-3H3,(H2,16,20). The highest BCUT2D eigenvalue weighted by molar-refractivity contribution is 5.81. The van der Waals surface area contributed by atoms with Crippen molar-refractivity contribution in [3.63, 3.8) is 0 Å². The second-order valence-corrected chi connectivity index (χ2v) is 5.26. The number of amides is 1. The average Bonchev–Trinajstić information content (AvgIpc) is 2.75. The van der Waals surface area contributed by atoms with Crippen molar-refractivity contribution in [3.8, 4) is 0 Å². The Balaban J connectivity index is 2.37. The summed E-state index contributed by atoms with van der Waals surface area (Å²) in [6, 6.07) is 7.77. The number of carbonyl (C=O) groups excluding carboxylic acids is 1. The van der Waals surface area contributed by atoms with E-state index in [1.54, 1.807) is 0 Å². The van der Waals surface area contributed by atoms with Gasteiger partial charge in [-0.2, -0.15) is 0 Å². The van der Waals surface area contributed by atoms with E-state index < -0.39 is 6.04 Å². The Bertz CT molecular complexity index is 603. The van der Waals surface area contributed by atoms with Gasteiger partial charge in [0.1, 0.15) is 11.9 Å². The number of hydrogen-bond acceptors (Lipinski definition) is 3. The fourth-order valence-electron chi connectivity index (χ4n) is 2.41. The summed E-state index contributed by atoms with van der Waals surface area (Å²) >= 11 is 0. The van der Waals surface area contributed by atoms with Crippen LogP contribution in [0.3, 0.4) is 0 Å². The predicted octanol–water partition coefficient (Wildman–Crippen LogP) is 1.45. The Morgan fingerprint density at radius 1 is 1.40 bits per heavy atom. The summed E-state index contributed by atoms with van der Waals surface area (Å²) in [5.41, 5.74) is 7.50. The number of carbonyl (C=O) groups is 1. The van der Waals surface area contributed by atoms with Crippen molar-refractivity contribution < 1.29 is 4.79 Å². The van der Waals surface area contributed by atoms with E-state index in [2.05, 4.69) is 21.8 Å². The number of rotatable bonds is 6. The third-order valence-corrected chi connectivity index (χ3v) is 3.29. The van der Waals surface area contributed by atoms with E-state index in [1.807, 2.05) is 38.1 Å². The van der Waals surface area contributed by atoms with Gasteiger partial charge in [0.15, 0.2) is 0 Å². The Morgan fingerprint density at radius 2 is 2.10 bits per heavy atom. The first-order chi connectivity index (χ1) is 9.52. The van der Waals surface area contributed by atoms with Crippen LogP contribution < -0.4 is 11.1 Å². The molecule has 0 spiro atoms. The van der Waals surface area contributed by atoms with Gasteiger partial charge < -0.3 is 15.6 Å². The highest BCUT2D eigenvalue weighted by Crippen LogP contribution is 2.17. The van der Waals surface area contributed by atoms with Crippen LogP contribution in [0.4, 0.5) is 0 Å². The summed E-state index contributed by atoms with van der Waals surface area (Å²) in [6.45, 7) is 6.58. The van der Waals surface area contributed by atoms with Crippen LogP contribution in [-0.2, 0) is 17.8 Å². The minimum Gasteiger partial charge on any atom is -0.368 e. The molecule has 1 aromatic heterocycles. The van der Waals surface area contributed by atoms with Gasteiger partial charge in [-0.25, -0.2) is 4.98 Å². The molecule has 3 N–H and O–H groups in total.